The summed E-state index contributed by atoms with van der Waals surface area (Å²) in [5.74, 6) is 0.401. The highest BCUT2D eigenvalue weighted by Gasteiger charge is 2.23. The molecule has 152 valence electrons. The maximum atomic E-state index is 13.6. The molecule has 0 radical (unpaired) electrons. The van der Waals surface area contributed by atoms with E-state index in [2.05, 4.69) is 16.9 Å². The monoisotopic (exact) mass is 409 g/mol. The molecule has 1 aromatic carbocycles. The van der Waals surface area contributed by atoms with Crippen LogP contribution in [0.2, 0.25) is 5.02 Å². The van der Waals surface area contributed by atoms with E-state index in [9.17, 15) is 14.3 Å². The van der Waals surface area contributed by atoms with Gasteiger partial charge in [-0.3, -0.25) is 4.90 Å². The number of imidazole rings is 1. The Kier molecular flexibility index (Phi) is 7.04. The van der Waals surface area contributed by atoms with Crippen molar-refractivity contribution < 1.29 is 14.3 Å². The first-order chi connectivity index (χ1) is 13.1. The Morgan fingerprint density at radius 1 is 1.50 bits per heavy atom. The van der Waals surface area contributed by atoms with Gasteiger partial charge in [0.15, 0.2) is 5.82 Å². The summed E-state index contributed by atoms with van der Waals surface area (Å²) < 4.78 is 15.4. The minimum Gasteiger partial charge on any atom is -0.392 e. The molecule has 9 heteroatoms. The minimum absolute atomic E-state index is 0.0381. The van der Waals surface area contributed by atoms with Gasteiger partial charge in [-0.05, 0) is 30.7 Å². The van der Waals surface area contributed by atoms with Gasteiger partial charge in [0.05, 0.1) is 16.8 Å². The number of aromatic nitrogens is 2. The molecule has 0 aliphatic carbocycles. The number of hydrogen-bond donors (Lipinski definition) is 2. The summed E-state index contributed by atoms with van der Waals surface area (Å²) in [6.07, 6.45) is 1.06. The van der Waals surface area contributed by atoms with Crippen molar-refractivity contribution in [1.29, 1.82) is 0 Å². The van der Waals surface area contributed by atoms with Gasteiger partial charge < -0.3 is 19.9 Å². The van der Waals surface area contributed by atoms with Crippen LogP contribution in [0.3, 0.4) is 0 Å². The second-order valence-corrected chi connectivity index (χ2v) is 6.99. The van der Waals surface area contributed by atoms with Crippen LogP contribution >= 0.6 is 11.6 Å². The number of hydrogen-bond acceptors (Lipinski definition) is 4. The molecule has 0 saturated heterocycles. The van der Waals surface area contributed by atoms with E-state index in [1.165, 1.54) is 21.9 Å². The zero-order valence-corrected chi connectivity index (χ0v) is 17.2. The summed E-state index contributed by atoms with van der Waals surface area (Å²) in [5, 5.41) is 12.5. The minimum atomic E-state index is -0.544. The number of urea groups is 1. The van der Waals surface area contributed by atoms with E-state index in [0.29, 0.717) is 29.6 Å². The number of carbonyl (C=O) groups is 1. The molecular formula is C19H25ClFN5O2. The third-order valence-electron chi connectivity index (χ3n) is 4.20. The predicted molar refractivity (Wildman–Crippen MR) is 110 cm³/mol. The van der Waals surface area contributed by atoms with Crippen LogP contribution in [0.5, 0.6) is 0 Å². The van der Waals surface area contributed by atoms with E-state index in [4.69, 9.17) is 11.6 Å². The topological polar surface area (TPSA) is 73.6 Å². The zero-order valence-electron chi connectivity index (χ0n) is 16.4. The fourth-order valence-corrected chi connectivity index (χ4v) is 2.81. The predicted octanol–water partition coefficient (Wildman–Crippen LogP) is 3.34. The molecule has 28 heavy (non-hydrogen) atoms. The molecule has 2 rings (SSSR count). The Balaban J connectivity index is 2.20. The zero-order chi connectivity index (χ0) is 21.0. The second-order valence-electron chi connectivity index (χ2n) is 6.58. The van der Waals surface area contributed by atoms with Crippen LogP contribution in [0.1, 0.15) is 18.2 Å². The first-order valence-electron chi connectivity index (χ1n) is 8.69. The molecule has 0 fully saturated rings. The molecule has 7 nitrogen and oxygen atoms in total. The molecule has 0 spiro atoms. The number of rotatable bonds is 7. The quantitative estimate of drug-likeness (QED) is 0.735. The third-order valence-corrected chi connectivity index (χ3v) is 4.51. The van der Waals surface area contributed by atoms with E-state index in [0.717, 1.165) is 0 Å². The molecule has 1 aromatic heterocycles. The number of aliphatic hydroxyl groups is 1. The lowest BCUT2D eigenvalue weighted by Gasteiger charge is -2.24. The molecule has 0 aliphatic rings. The fourth-order valence-electron chi connectivity index (χ4n) is 2.69. The van der Waals surface area contributed by atoms with Gasteiger partial charge in [0.2, 0.25) is 5.95 Å². The Labute approximate surface area is 169 Å². The van der Waals surface area contributed by atoms with Crippen LogP contribution < -0.4 is 10.2 Å². The first-order valence-corrected chi connectivity index (χ1v) is 9.07. The highest BCUT2D eigenvalue weighted by molar-refractivity contribution is 6.30. The molecule has 0 saturated carbocycles. The summed E-state index contributed by atoms with van der Waals surface area (Å²) >= 11 is 5.70. The number of nitrogens with zero attached hydrogens (tertiary/aromatic N) is 4. The largest absolute Gasteiger partial charge is 0.392 e. The number of nitrogens with one attached hydrogen (secondary N) is 1. The standard InChI is InChI=1S/C19H25ClFN5O2/c1-6-16-17(23-18(25(16)4)22-10-12(2)27)26(5)19(28)24(3)11-13-7-8-14(20)15(21)9-13/h6-9,12,27H,1,10-11H2,2-5H3,(H,22,23). The number of amides is 2. The summed E-state index contributed by atoms with van der Waals surface area (Å²) in [5.41, 5.74) is 1.27. The molecule has 1 heterocycles. The highest BCUT2D eigenvalue weighted by atomic mass is 35.5. The molecular weight excluding hydrogens is 385 g/mol. The van der Waals surface area contributed by atoms with Crippen molar-refractivity contribution in [3.05, 3.63) is 46.9 Å². The van der Waals surface area contributed by atoms with Crippen LogP contribution in [0, 0.1) is 5.82 Å². The molecule has 1 atom stereocenters. The van der Waals surface area contributed by atoms with Crippen molar-refractivity contribution in [2.75, 3.05) is 30.9 Å². The highest BCUT2D eigenvalue weighted by Crippen LogP contribution is 2.25. The van der Waals surface area contributed by atoms with Crippen LogP contribution in [0.4, 0.5) is 21.0 Å². The van der Waals surface area contributed by atoms with Gasteiger partial charge in [0.25, 0.3) is 0 Å². The van der Waals surface area contributed by atoms with Gasteiger partial charge in [-0.25, -0.2) is 9.18 Å². The molecule has 0 bridgehead atoms. The van der Waals surface area contributed by atoms with Crippen LogP contribution in [0.15, 0.2) is 24.8 Å². The van der Waals surface area contributed by atoms with Crippen LogP contribution in [-0.4, -0.2) is 52.3 Å². The van der Waals surface area contributed by atoms with E-state index < -0.39 is 11.9 Å². The van der Waals surface area contributed by atoms with E-state index in [1.54, 1.807) is 44.8 Å². The van der Waals surface area contributed by atoms with Crippen molar-refractivity contribution in [2.24, 2.45) is 7.05 Å². The Morgan fingerprint density at radius 2 is 2.18 bits per heavy atom. The average Bonchev–Trinajstić information content (AvgIpc) is 2.97. The van der Waals surface area contributed by atoms with Crippen molar-refractivity contribution in [3.63, 3.8) is 0 Å². The van der Waals surface area contributed by atoms with Crippen molar-refractivity contribution in [2.45, 2.75) is 19.6 Å². The lowest BCUT2D eigenvalue weighted by atomic mass is 10.2. The summed E-state index contributed by atoms with van der Waals surface area (Å²) in [4.78, 5) is 20.2. The molecule has 2 aromatic rings. The summed E-state index contributed by atoms with van der Waals surface area (Å²) in [6, 6.07) is 4.12. The van der Waals surface area contributed by atoms with E-state index in [-0.39, 0.29) is 17.6 Å². The normalized spacial score (nSPS) is 11.8. The fraction of sp³-hybridized carbons (Fsp3) is 0.368. The second kappa shape index (κ2) is 9.07. The number of carbonyl (C=O) groups excluding carboxylic acids is 1. The Morgan fingerprint density at radius 3 is 2.75 bits per heavy atom. The van der Waals surface area contributed by atoms with Crippen LogP contribution in [0.25, 0.3) is 6.08 Å². The lowest BCUT2D eigenvalue weighted by Crippen LogP contribution is -2.39. The van der Waals surface area contributed by atoms with Gasteiger partial charge in [-0.2, -0.15) is 4.98 Å². The average molecular weight is 410 g/mol. The Hall–Kier alpha value is -2.58. The van der Waals surface area contributed by atoms with E-state index in [1.807, 2.05) is 0 Å². The first kappa shape index (κ1) is 21.7. The molecule has 2 N–H and O–H groups in total. The van der Waals surface area contributed by atoms with Crippen LogP contribution in [-0.2, 0) is 13.6 Å². The summed E-state index contributed by atoms with van der Waals surface area (Å²) in [7, 11) is 5.01. The number of aliphatic hydroxyl groups excluding tert-OH is 1. The Bertz CT molecular complexity index is 868. The molecule has 1 unspecified atom stereocenters. The maximum Gasteiger partial charge on any atom is 0.325 e. The van der Waals surface area contributed by atoms with Crippen molar-refractivity contribution >= 4 is 35.5 Å². The van der Waals surface area contributed by atoms with E-state index >= 15 is 0 Å². The van der Waals surface area contributed by atoms with Gasteiger partial charge in [0.1, 0.15) is 5.82 Å². The van der Waals surface area contributed by atoms with Gasteiger partial charge in [-0.1, -0.05) is 24.2 Å². The van der Waals surface area contributed by atoms with Crippen molar-refractivity contribution in [1.82, 2.24) is 14.5 Å². The SMILES string of the molecule is C=Cc1c(N(C)C(=O)N(C)Cc2ccc(Cl)c(F)c2)nc(NCC(C)O)n1C. The van der Waals surface area contributed by atoms with Gasteiger partial charge >= 0.3 is 6.03 Å². The number of benzene rings is 1. The summed E-state index contributed by atoms with van der Waals surface area (Å²) in [6.45, 7) is 5.98. The number of anilines is 2. The molecule has 2 amide bonds. The smallest absolute Gasteiger partial charge is 0.325 e. The third kappa shape index (κ3) is 4.82. The number of halogens is 2. The lowest BCUT2D eigenvalue weighted by molar-refractivity contribution is 0.208. The van der Waals surface area contributed by atoms with Gasteiger partial charge in [-0.15, -0.1) is 0 Å². The maximum absolute atomic E-state index is 13.6. The van der Waals surface area contributed by atoms with Gasteiger partial charge in [0, 0.05) is 34.2 Å². The molecule has 0 aliphatic heterocycles. The van der Waals surface area contributed by atoms with Crippen molar-refractivity contribution in [3.8, 4) is 0 Å².